The predicted molar refractivity (Wildman–Crippen MR) is 68.3 cm³/mol. The molecule has 1 N–H and O–H groups in total. The Balaban J connectivity index is 2.04. The molecule has 1 heteroatoms. The van der Waals surface area contributed by atoms with Crippen molar-refractivity contribution in [1.82, 2.24) is 0 Å². The van der Waals surface area contributed by atoms with E-state index in [9.17, 15) is 5.11 Å². The topological polar surface area (TPSA) is 20.2 Å². The summed E-state index contributed by atoms with van der Waals surface area (Å²) in [6.45, 7) is 9.20. The molecule has 2 aliphatic rings. The first-order chi connectivity index (χ1) is 7.33. The highest BCUT2D eigenvalue weighted by Gasteiger charge is 2.58. The Morgan fingerprint density at radius 3 is 2.38 bits per heavy atom. The Kier molecular flexibility index (Phi) is 3.11. The van der Waals surface area contributed by atoms with Crippen LogP contribution >= 0.6 is 0 Å². The molecular formula is C15H28O. The van der Waals surface area contributed by atoms with Crippen LogP contribution in [0.25, 0.3) is 0 Å². The second-order valence-corrected chi connectivity index (χ2v) is 7.31. The second-order valence-electron chi connectivity index (χ2n) is 7.31. The zero-order valence-corrected chi connectivity index (χ0v) is 11.4. The molecule has 2 rings (SSSR count). The summed E-state index contributed by atoms with van der Waals surface area (Å²) in [5, 5.41) is 10.4. The SMILES string of the molecule is C[C@H]1CCC[C@@](C)(O)C[C@@H]2[C@H](CC1)C2(C)C. The molecule has 0 radical (unpaired) electrons. The van der Waals surface area contributed by atoms with Crippen molar-refractivity contribution in [2.24, 2.45) is 23.2 Å². The van der Waals surface area contributed by atoms with Gasteiger partial charge in [0.25, 0.3) is 0 Å². The third kappa shape index (κ3) is 2.45. The molecule has 0 spiro atoms. The fourth-order valence-corrected chi connectivity index (χ4v) is 3.85. The fourth-order valence-electron chi connectivity index (χ4n) is 3.85. The van der Waals surface area contributed by atoms with Crippen LogP contribution in [0.4, 0.5) is 0 Å². The Bertz CT molecular complexity index is 254. The van der Waals surface area contributed by atoms with Crippen LogP contribution in [0.15, 0.2) is 0 Å². The number of rotatable bonds is 0. The van der Waals surface area contributed by atoms with Crippen molar-refractivity contribution < 1.29 is 5.11 Å². The molecule has 0 unspecified atom stereocenters. The third-order valence-corrected chi connectivity index (χ3v) is 5.33. The highest BCUT2D eigenvalue weighted by molar-refractivity contribution is 5.06. The van der Waals surface area contributed by atoms with Gasteiger partial charge in [0.2, 0.25) is 0 Å². The molecule has 4 atom stereocenters. The Morgan fingerprint density at radius 2 is 1.69 bits per heavy atom. The van der Waals surface area contributed by atoms with Gasteiger partial charge in [-0.2, -0.15) is 0 Å². The molecule has 0 saturated heterocycles. The molecule has 0 heterocycles. The van der Waals surface area contributed by atoms with E-state index in [0.29, 0.717) is 5.41 Å². The molecule has 0 aliphatic heterocycles. The highest BCUT2D eigenvalue weighted by Crippen LogP contribution is 2.63. The van der Waals surface area contributed by atoms with Crippen molar-refractivity contribution in [3.05, 3.63) is 0 Å². The lowest BCUT2D eigenvalue weighted by Crippen LogP contribution is -2.26. The largest absolute Gasteiger partial charge is 0.390 e. The van der Waals surface area contributed by atoms with Gasteiger partial charge in [-0.15, -0.1) is 0 Å². The lowest BCUT2D eigenvalue weighted by molar-refractivity contribution is 0.0276. The zero-order chi connectivity index (χ0) is 12.0. The Morgan fingerprint density at radius 1 is 1.00 bits per heavy atom. The average molecular weight is 224 g/mol. The van der Waals surface area contributed by atoms with Crippen molar-refractivity contribution in [3.63, 3.8) is 0 Å². The molecule has 2 saturated carbocycles. The Hall–Kier alpha value is -0.0400. The van der Waals surface area contributed by atoms with Crippen LogP contribution in [0.5, 0.6) is 0 Å². The van der Waals surface area contributed by atoms with Crippen molar-refractivity contribution in [2.75, 3.05) is 0 Å². The molecule has 0 aromatic carbocycles. The first-order valence-corrected chi connectivity index (χ1v) is 7.05. The van der Waals surface area contributed by atoms with Crippen LogP contribution in [-0.2, 0) is 0 Å². The van der Waals surface area contributed by atoms with Crippen LogP contribution in [0.3, 0.4) is 0 Å². The molecule has 2 aliphatic carbocycles. The average Bonchev–Trinajstić information content (AvgIpc) is 2.63. The maximum atomic E-state index is 10.4. The van der Waals surface area contributed by atoms with E-state index in [0.717, 1.165) is 30.6 Å². The van der Waals surface area contributed by atoms with Gasteiger partial charge in [0.1, 0.15) is 0 Å². The molecule has 2 fully saturated rings. The van der Waals surface area contributed by atoms with Crippen molar-refractivity contribution >= 4 is 0 Å². The zero-order valence-electron chi connectivity index (χ0n) is 11.4. The fraction of sp³-hybridized carbons (Fsp3) is 1.00. The molecule has 0 amide bonds. The summed E-state index contributed by atoms with van der Waals surface area (Å²) < 4.78 is 0. The van der Waals surface area contributed by atoms with Gasteiger partial charge in [-0.3, -0.25) is 0 Å². The van der Waals surface area contributed by atoms with E-state index in [1.807, 2.05) is 6.92 Å². The Labute approximate surface area is 101 Å². The lowest BCUT2D eigenvalue weighted by Gasteiger charge is -2.25. The second kappa shape index (κ2) is 4.01. The lowest BCUT2D eigenvalue weighted by atomic mass is 9.87. The molecule has 0 aromatic rings. The normalized spacial score (nSPS) is 48.2. The van der Waals surface area contributed by atoms with Crippen molar-refractivity contribution in [3.8, 4) is 0 Å². The minimum atomic E-state index is -0.409. The number of hydrogen-bond acceptors (Lipinski definition) is 1. The summed E-state index contributed by atoms with van der Waals surface area (Å²) in [5.74, 6) is 2.50. The van der Waals surface area contributed by atoms with Crippen LogP contribution in [0, 0.1) is 23.2 Å². The van der Waals surface area contributed by atoms with Crippen LogP contribution in [-0.4, -0.2) is 10.7 Å². The summed E-state index contributed by atoms with van der Waals surface area (Å²) in [6.07, 6.45) is 7.30. The van der Waals surface area contributed by atoms with Crippen LogP contribution in [0.2, 0.25) is 0 Å². The maximum Gasteiger partial charge on any atom is 0.0622 e. The number of fused-ring (bicyclic) bond motifs is 1. The van der Waals surface area contributed by atoms with E-state index in [4.69, 9.17) is 0 Å². The highest BCUT2D eigenvalue weighted by atomic mass is 16.3. The summed E-state index contributed by atoms with van der Waals surface area (Å²) in [5.41, 5.74) is 0.0851. The number of hydrogen-bond donors (Lipinski definition) is 1. The van der Waals surface area contributed by atoms with E-state index < -0.39 is 5.60 Å². The standard InChI is InChI=1S/C15H28O/c1-11-6-5-9-15(4,16)10-13-12(8-7-11)14(13,2)3/h11-13,16H,5-10H2,1-4H3/t11-,12-,13+,15+/m0/s1. The third-order valence-electron chi connectivity index (χ3n) is 5.33. The van der Waals surface area contributed by atoms with E-state index in [2.05, 4.69) is 20.8 Å². The van der Waals surface area contributed by atoms with E-state index in [-0.39, 0.29) is 0 Å². The minimum Gasteiger partial charge on any atom is -0.390 e. The van der Waals surface area contributed by atoms with Crippen molar-refractivity contribution in [2.45, 2.75) is 71.8 Å². The van der Waals surface area contributed by atoms with Crippen LogP contribution in [0.1, 0.15) is 66.2 Å². The van der Waals surface area contributed by atoms with E-state index >= 15 is 0 Å². The smallest absolute Gasteiger partial charge is 0.0622 e. The van der Waals surface area contributed by atoms with E-state index in [1.54, 1.807) is 0 Å². The quantitative estimate of drug-likeness (QED) is 0.659. The summed E-state index contributed by atoms with van der Waals surface area (Å²) >= 11 is 0. The minimum absolute atomic E-state index is 0.409. The van der Waals surface area contributed by atoms with Gasteiger partial charge >= 0.3 is 0 Å². The summed E-state index contributed by atoms with van der Waals surface area (Å²) in [6, 6.07) is 0. The number of aliphatic hydroxyl groups is 1. The molecular weight excluding hydrogens is 196 g/mol. The first-order valence-electron chi connectivity index (χ1n) is 7.05. The van der Waals surface area contributed by atoms with Gasteiger partial charge in [-0.05, 0) is 49.4 Å². The summed E-state index contributed by atoms with van der Waals surface area (Å²) in [4.78, 5) is 0. The maximum absolute atomic E-state index is 10.4. The molecule has 0 aromatic heterocycles. The summed E-state index contributed by atoms with van der Waals surface area (Å²) in [7, 11) is 0. The van der Waals surface area contributed by atoms with Crippen LogP contribution < -0.4 is 0 Å². The van der Waals surface area contributed by atoms with Gasteiger partial charge < -0.3 is 5.11 Å². The molecule has 94 valence electrons. The monoisotopic (exact) mass is 224 g/mol. The van der Waals surface area contributed by atoms with Crippen molar-refractivity contribution in [1.29, 1.82) is 0 Å². The van der Waals surface area contributed by atoms with Gasteiger partial charge in [-0.25, -0.2) is 0 Å². The van der Waals surface area contributed by atoms with Gasteiger partial charge in [0.05, 0.1) is 5.60 Å². The van der Waals surface area contributed by atoms with E-state index in [1.165, 1.54) is 25.7 Å². The first kappa shape index (κ1) is 12.4. The molecule has 1 nitrogen and oxygen atoms in total. The van der Waals surface area contributed by atoms with Gasteiger partial charge in [0, 0.05) is 0 Å². The van der Waals surface area contributed by atoms with Gasteiger partial charge in [-0.1, -0.05) is 40.0 Å². The van der Waals surface area contributed by atoms with Gasteiger partial charge in [0.15, 0.2) is 0 Å². The molecule has 0 bridgehead atoms. The predicted octanol–water partition coefficient (Wildman–Crippen LogP) is 4.00. The molecule has 16 heavy (non-hydrogen) atoms.